The van der Waals surface area contributed by atoms with Gasteiger partial charge in [0.2, 0.25) is 0 Å². The fourth-order valence-corrected chi connectivity index (χ4v) is 2.20. The molecule has 2 aromatic carbocycles. The minimum atomic E-state index is -0.928. The van der Waals surface area contributed by atoms with Crippen molar-refractivity contribution in [3.63, 3.8) is 0 Å². The Morgan fingerprint density at radius 2 is 1.88 bits per heavy atom. The lowest BCUT2D eigenvalue weighted by Crippen LogP contribution is -2.32. The lowest BCUT2D eigenvalue weighted by Gasteiger charge is -2.08. The molecule has 6 nitrogen and oxygen atoms in total. The van der Waals surface area contributed by atoms with Gasteiger partial charge in [-0.25, -0.2) is 5.43 Å². The van der Waals surface area contributed by atoms with Gasteiger partial charge in [0.05, 0.1) is 24.0 Å². The van der Waals surface area contributed by atoms with E-state index in [0.717, 1.165) is 0 Å². The molecule has 2 N–H and O–H groups in total. The molecular weight excluding hydrogens is 353 g/mol. The summed E-state index contributed by atoms with van der Waals surface area (Å²) in [5.41, 5.74) is 3.04. The molecule has 0 aliphatic rings. The summed E-state index contributed by atoms with van der Waals surface area (Å²) in [6.45, 7) is 0. The summed E-state index contributed by atoms with van der Waals surface area (Å²) in [7, 11) is 1.46. The second-order valence-electron chi connectivity index (χ2n) is 4.52. The highest BCUT2D eigenvalue weighted by molar-refractivity contribution is 6.40. The van der Waals surface area contributed by atoms with Crippen LogP contribution in [-0.4, -0.2) is 25.1 Å². The molecule has 0 unspecified atom stereocenters. The molecule has 0 atom stereocenters. The number of hydrogen-bond donors (Lipinski definition) is 2. The summed E-state index contributed by atoms with van der Waals surface area (Å²) in [6, 6.07) is 11.5. The maximum Gasteiger partial charge on any atom is 0.329 e. The van der Waals surface area contributed by atoms with E-state index in [-0.39, 0.29) is 0 Å². The third kappa shape index (κ3) is 4.71. The first-order valence-electron chi connectivity index (χ1n) is 6.73. The predicted molar refractivity (Wildman–Crippen MR) is 93.8 cm³/mol. The van der Waals surface area contributed by atoms with Gasteiger partial charge in [-0.05, 0) is 24.3 Å². The van der Waals surface area contributed by atoms with Crippen molar-refractivity contribution in [1.29, 1.82) is 0 Å². The molecule has 0 heterocycles. The molecule has 2 aromatic rings. The van der Waals surface area contributed by atoms with Gasteiger partial charge in [-0.15, -0.1) is 0 Å². The Morgan fingerprint density at radius 1 is 1.12 bits per heavy atom. The normalized spacial score (nSPS) is 10.5. The summed E-state index contributed by atoms with van der Waals surface area (Å²) >= 11 is 11.7. The predicted octanol–water partition coefficient (Wildman–Crippen LogP) is 3.09. The van der Waals surface area contributed by atoms with E-state index in [0.29, 0.717) is 27.0 Å². The van der Waals surface area contributed by atoms with Gasteiger partial charge in [0, 0.05) is 10.6 Å². The number of rotatable bonds is 4. The lowest BCUT2D eigenvalue weighted by molar-refractivity contribution is -0.136. The molecule has 0 spiro atoms. The van der Waals surface area contributed by atoms with Gasteiger partial charge in [-0.2, -0.15) is 5.10 Å². The minimum Gasteiger partial charge on any atom is -0.495 e. The van der Waals surface area contributed by atoms with Crippen molar-refractivity contribution in [3.8, 4) is 5.75 Å². The summed E-state index contributed by atoms with van der Waals surface area (Å²) < 4.78 is 5.09. The van der Waals surface area contributed by atoms with Crippen LogP contribution in [0, 0.1) is 0 Å². The molecule has 2 rings (SSSR count). The molecule has 2 amide bonds. The van der Waals surface area contributed by atoms with Crippen LogP contribution in [0.2, 0.25) is 10.0 Å². The number of hydrogen-bond acceptors (Lipinski definition) is 4. The van der Waals surface area contributed by atoms with Gasteiger partial charge in [0.1, 0.15) is 5.75 Å². The SMILES string of the molecule is COc1ccccc1NC(=O)C(=O)NN=Cc1ccc(Cl)cc1Cl. The summed E-state index contributed by atoms with van der Waals surface area (Å²) in [5.74, 6) is -1.36. The molecule has 8 heteroatoms. The van der Waals surface area contributed by atoms with Crippen LogP contribution >= 0.6 is 23.2 Å². The largest absolute Gasteiger partial charge is 0.495 e. The number of carbonyl (C=O) groups is 2. The Hall–Kier alpha value is -2.57. The van der Waals surface area contributed by atoms with E-state index in [2.05, 4.69) is 15.8 Å². The number of ether oxygens (including phenoxy) is 1. The number of methoxy groups -OCH3 is 1. The van der Waals surface area contributed by atoms with E-state index < -0.39 is 11.8 Å². The number of carbonyl (C=O) groups excluding carboxylic acids is 2. The number of benzene rings is 2. The highest BCUT2D eigenvalue weighted by atomic mass is 35.5. The van der Waals surface area contributed by atoms with Gasteiger partial charge in [0.25, 0.3) is 0 Å². The zero-order chi connectivity index (χ0) is 17.5. The Kier molecular flexibility index (Phi) is 6.17. The summed E-state index contributed by atoms with van der Waals surface area (Å²) in [5, 5.41) is 6.99. The number of nitrogens with zero attached hydrogens (tertiary/aromatic N) is 1. The van der Waals surface area contributed by atoms with Gasteiger partial charge in [-0.3, -0.25) is 9.59 Å². The number of anilines is 1. The summed E-state index contributed by atoms with van der Waals surface area (Å²) in [4.78, 5) is 23.6. The van der Waals surface area contributed by atoms with E-state index >= 15 is 0 Å². The van der Waals surface area contributed by atoms with Crippen LogP contribution in [-0.2, 0) is 9.59 Å². The molecule has 0 fully saturated rings. The minimum absolute atomic E-state index is 0.374. The van der Waals surface area contributed by atoms with E-state index in [9.17, 15) is 9.59 Å². The highest BCUT2D eigenvalue weighted by Gasteiger charge is 2.14. The van der Waals surface area contributed by atoms with E-state index in [1.807, 2.05) is 0 Å². The maximum absolute atomic E-state index is 11.8. The fourth-order valence-electron chi connectivity index (χ4n) is 1.74. The molecule has 0 aliphatic carbocycles. The van der Waals surface area contributed by atoms with Crippen molar-refractivity contribution in [2.45, 2.75) is 0 Å². The van der Waals surface area contributed by atoms with E-state index in [4.69, 9.17) is 27.9 Å². The Labute approximate surface area is 148 Å². The molecular formula is C16H13Cl2N3O3. The first kappa shape index (κ1) is 17.8. The third-order valence-corrected chi connectivity index (χ3v) is 3.46. The molecule has 0 saturated heterocycles. The second kappa shape index (κ2) is 8.33. The smallest absolute Gasteiger partial charge is 0.329 e. The van der Waals surface area contributed by atoms with Crippen LogP contribution < -0.4 is 15.5 Å². The van der Waals surface area contributed by atoms with Gasteiger partial charge in [0.15, 0.2) is 0 Å². The van der Waals surface area contributed by atoms with Crippen molar-refractivity contribution in [1.82, 2.24) is 5.43 Å². The van der Waals surface area contributed by atoms with Crippen molar-refractivity contribution in [3.05, 3.63) is 58.1 Å². The quantitative estimate of drug-likeness (QED) is 0.496. The van der Waals surface area contributed by atoms with E-state index in [1.165, 1.54) is 13.3 Å². The number of nitrogens with one attached hydrogen (secondary N) is 2. The average Bonchev–Trinajstić information content (AvgIpc) is 2.57. The van der Waals surface area contributed by atoms with Crippen LogP contribution in [0.1, 0.15) is 5.56 Å². The molecule has 0 saturated carbocycles. The topological polar surface area (TPSA) is 79.8 Å². The molecule has 0 bridgehead atoms. The van der Waals surface area contributed by atoms with Crippen molar-refractivity contribution in [2.75, 3.05) is 12.4 Å². The Morgan fingerprint density at radius 3 is 2.58 bits per heavy atom. The first-order chi connectivity index (χ1) is 11.5. The third-order valence-electron chi connectivity index (χ3n) is 2.89. The average molecular weight is 366 g/mol. The number of halogens is 2. The number of hydrazone groups is 1. The lowest BCUT2D eigenvalue weighted by atomic mass is 10.2. The number of amides is 2. The van der Waals surface area contributed by atoms with E-state index in [1.54, 1.807) is 42.5 Å². The molecule has 0 aromatic heterocycles. The highest BCUT2D eigenvalue weighted by Crippen LogP contribution is 2.22. The van der Waals surface area contributed by atoms with Crippen LogP contribution in [0.25, 0.3) is 0 Å². The van der Waals surface area contributed by atoms with Crippen LogP contribution in [0.4, 0.5) is 5.69 Å². The Balaban J connectivity index is 1.96. The van der Waals surface area contributed by atoms with Crippen molar-refractivity contribution in [2.24, 2.45) is 5.10 Å². The van der Waals surface area contributed by atoms with Gasteiger partial charge < -0.3 is 10.1 Å². The maximum atomic E-state index is 11.8. The zero-order valence-electron chi connectivity index (χ0n) is 12.5. The monoisotopic (exact) mass is 365 g/mol. The second-order valence-corrected chi connectivity index (χ2v) is 5.36. The fraction of sp³-hybridized carbons (Fsp3) is 0.0625. The Bertz CT molecular complexity index is 794. The molecule has 24 heavy (non-hydrogen) atoms. The molecule has 124 valence electrons. The number of para-hydroxylation sites is 2. The molecule has 0 aliphatic heterocycles. The molecule has 0 radical (unpaired) electrons. The van der Waals surface area contributed by atoms with Crippen molar-refractivity contribution >= 4 is 46.9 Å². The van der Waals surface area contributed by atoms with Crippen LogP contribution in [0.3, 0.4) is 0 Å². The van der Waals surface area contributed by atoms with Crippen molar-refractivity contribution < 1.29 is 14.3 Å². The van der Waals surface area contributed by atoms with Crippen LogP contribution in [0.5, 0.6) is 5.75 Å². The first-order valence-corrected chi connectivity index (χ1v) is 7.49. The van der Waals surface area contributed by atoms with Gasteiger partial charge >= 0.3 is 11.8 Å². The van der Waals surface area contributed by atoms with Gasteiger partial charge in [-0.1, -0.05) is 41.4 Å². The summed E-state index contributed by atoms with van der Waals surface area (Å²) in [6.07, 6.45) is 1.31. The standard InChI is InChI=1S/C16H13Cl2N3O3/c1-24-14-5-3-2-4-13(14)20-15(22)16(23)21-19-9-10-6-7-11(17)8-12(10)18/h2-9H,1H3,(H,20,22)(H,21,23). The zero-order valence-corrected chi connectivity index (χ0v) is 14.1. The van der Waals surface area contributed by atoms with Crippen LogP contribution in [0.15, 0.2) is 47.6 Å².